The number of alkyl halides is 3. The van der Waals surface area contributed by atoms with E-state index >= 15 is 0 Å². The Bertz CT molecular complexity index is 1000. The molecule has 4 fully saturated rings. The van der Waals surface area contributed by atoms with E-state index in [1.807, 2.05) is 0 Å². The fourth-order valence-corrected chi connectivity index (χ4v) is 5.88. The molecule has 2 bridgehead atoms. The van der Waals surface area contributed by atoms with Gasteiger partial charge >= 0.3 is 6.36 Å². The smallest absolute Gasteiger partial charge is 0.405 e. The molecule has 3 heterocycles. The first-order valence-corrected chi connectivity index (χ1v) is 11.1. The number of nitrogens with zero attached hydrogens (tertiary/aromatic N) is 1. The largest absolute Gasteiger partial charge is 0.573 e. The molecule has 5 unspecified atom stereocenters. The van der Waals surface area contributed by atoms with Gasteiger partial charge in [-0.05, 0) is 50.2 Å². The zero-order chi connectivity index (χ0) is 21.4. The van der Waals surface area contributed by atoms with Crippen LogP contribution in [0.25, 0.3) is 11.3 Å². The minimum Gasteiger partial charge on any atom is -0.405 e. The van der Waals surface area contributed by atoms with Crippen LogP contribution in [0.5, 0.6) is 5.75 Å². The second-order valence-corrected chi connectivity index (χ2v) is 9.58. The third-order valence-electron chi connectivity index (χ3n) is 7.66. The fraction of sp³-hybridized carbons (Fsp3) is 0.609. The molecule has 1 aromatic carbocycles. The van der Waals surface area contributed by atoms with E-state index in [0.29, 0.717) is 17.7 Å². The molecule has 31 heavy (non-hydrogen) atoms. The minimum absolute atomic E-state index is 0.121. The quantitative estimate of drug-likeness (QED) is 0.680. The highest BCUT2D eigenvalue weighted by atomic mass is 19.4. The Balaban J connectivity index is 1.29. The zero-order valence-electron chi connectivity index (χ0n) is 17.2. The second-order valence-electron chi connectivity index (χ2n) is 9.58. The van der Waals surface area contributed by atoms with Crippen LogP contribution in [0.2, 0.25) is 0 Å². The van der Waals surface area contributed by atoms with E-state index in [4.69, 9.17) is 9.26 Å². The third-order valence-corrected chi connectivity index (χ3v) is 7.66. The lowest BCUT2D eigenvalue weighted by Gasteiger charge is -2.38. The number of fused-ring (bicyclic) bond motifs is 1. The van der Waals surface area contributed by atoms with Crippen LogP contribution in [0.3, 0.4) is 0 Å². The molecule has 2 aliphatic carbocycles. The molecule has 2 aliphatic heterocycles. The molecule has 5 atom stereocenters. The van der Waals surface area contributed by atoms with Crippen molar-refractivity contribution >= 4 is 0 Å². The lowest BCUT2D eigenvalue weighted by Crippen LogP contribution is -2.52. The summed E-state index contributed by atoms with van der Waals surface area (Å²) < 4.78 is 55.1. The van der Waals surface area contributed by atoms with E-state index in [1.54, 1.807) is 12.1 Å². The van der Waals surface area contributed by atoms with Crippen LogP contribution in [0.15, 0.2) is 28.8 Å². The molecule has 1 N–H and O–H groups in total. The number of ether oxygens (including phenoxy) is 2. The van der Waals surface area contributed by atoms with Crippen molar-refractivity contribution in [2.24, 2.45) is 11.8 Å². The third kappa shape index (κ3) is 3.35. The van der Waals surface area contributed by atoms with Gasteiger partial charge in [-0.15, -0.1) is 13.2 Å². The summed E-state index contributed by atoms with van der Waals surface area (Å²) in [5.74, 6) is 1.90. The van der Waals surface area contributed by atoms with Crippen molar-refractivity contribution in [3.05, 3.63) is 35.6 Å². The molecular weight excluding hydrogens is 409 g/mol. The predicted octanol–water partition coefficient (Wildman–Crippen LogP) is 5.16. The summed E-state index contributed by atoms with van der Waals surface area (Å²) in [6, 6.07) is 6.58. The molecule has 5 nitrogen and oxygen atoms in total. The lowest BCUT2D eigenvalue weighted by atomic mass is 9.87. The van der Waals surface area contributed by atoms with Gasteiger partial charge in [-0.25, -0.2) is 0 Å². The molecule has 4 aliphatic rings. The van der Waals surface area contributed by atoms with Gasteiger partial charge in [-0.1, -0.05) is 24.2 Å². The lowest BCUT2D eigenvalue weighted by molar-refractivity contribution is -0.274. The average Bonchev–Trinajstić information content (AvgIpc) is 3.61. The number of aromatic nitrogens is 1. The van der Waals surface area contributed by atoms with Gasteiger partial charge < -0.3 is 19.3 Å². The van der Waals surface area contributed by atoms with Crippen LogP contribution in [-0.2, 0) is 11.3 Å². The first-order chi connectivity index (χ1) is 14.8. The van der Waals surface area contributed by atoms with Gasteiger partial charge in [0.2, 0.25) is 0 Å². The summed E-state index contributed by atoms with van der Waals surface area (Å²) in [5.41, 5.74) is 1.64. The van der Waals surface area contributed by atoms with Crippen LogP contribution in [0.1, 0.15) is 56.3 Å². The predicted molar refractivity (Wildman–Crippen MR) is 105 cm³/mol. The number of halogens is 3. The number of para-hydroxylation sites is 1. The highest BCUT2D eigenvalue weighted by molar-refractivity contribution is 5.70. The number of nitrogens with one attached hydrogen (secondary N) is 1. The van der Waals surface area contributed by atoms with Gasteiger partial charge in [-0.2, -0.15) is 0 Å². The van der Waals surface area contributed by atoms with Crippen LogP contribution in [0.4, 0.5) is 13.2 Å². The highest BCUT2D eigenvalue weighted by Gasteiger charge is 2.66. The topological polar surface area (TPSA) is 56.5 Å². The molecule has 2 aromatic rings. The maximum Gasteiger partial charge on any atom is 0.573 e. The zero-order valence-corrected chi connectivity index (χ0v) is 17.2. The Morgan fingerprint density at radius 2 is 2.03 bits per heavy atom. The first kappa shape index (κ1) is 19.6. The van der Waals surface area contributed by atoms with Crippen LogP contribution >= 0.6 is 0 Å². The SMILES string of the molecule is CC1C(OCc2c(-c3ccccc3OC(F)(F)F)noc2C2CC2)CC2CC3CC31N2. The number of piperidine rings is 2. The Kier molecular flexibility index (Phi) is 4.25. The van der Waals surface area contributed by atoms with Gasteiger partial charge in [0.15, 0.2) is 0 Å². The minimum atomic E-state index is -4.78. The van der Waals surface area contributed by atoms with Gasteiger partial charge in [0.1, 0.15) is 17.2 Å². The number of hydrogen-bond acceptors (Lipinski definition) is 5. The summed E-state index contributed by atoms with van der Waals surface area (Å²) in [5, 5.41) is 7.96. The van der Waals surface area contributed by atoms with Crippen molar-refractivity contribution in [3.63, 3.8) is 0 Å². The average molecular weight is 434 g/mol. The number of rotatable bonds is 6. The monoisotopic (exact) mass is 434 g/mol. The Labute approximate surface area is 178 Å². The van der Waals surface area contributed by atoms with Crippen molar-refractivity contribution in [2.75, 3.05) is 0 Å². The van der Waals surface area contributed by atoms with E-state index < -0.39 is 6.36 Å². The van der Waals surface area contributed by atoms with Crippen LogP contribution < -0.4 is 10.1 Å². The summed E-state index contributed by atoms with van der Waals surface area (Å²) in [4.78, 5) is 0. The summed E-state index contributed by atoms with van der Waals surface area (Å²) in [7, 11) is 0. The van der Waals surface area contributed by atoms with E-state index in [0.717, 1.165) is 36.5 Å². The summed E-state index contributed by atoms with van der Waals surface area (Å²) in [6.45, 7) is 2.54. The van der Waals surface area contributed by atoms with Crippen LogP contribution in [-0.4, -0.2) is 29.2 Å². The number of hydrogen-bond donors (Lipinski definition) is 1. The Morgan fingerprint density at radius 3 is 2.81 bits per heavy atom. The molecule has 166 valence electrons. The number of benzene rings is 1. The summed E-state index contributed by atoms with van der Waals surface area (Å²) in [6.07, 6.45) is 0.746. The molecule has 2 saturated heterocycles. The van der Waals surface area contributed by atoms with Crippen molar-refractivity contribution in [1.82, 2.24) is 10.5 Å². The van der Waals surface area contributed by atoms with Gasteiger partial charge in [-0.3, -0.25) is 0 Å². The molecular formula is C23H25F3N2O3. The Morgan fingerprint density at radius 1 is 1.23 bits per heavy atom. The molecule has 8 heteroatoms. The van der Waals surface area contributed by atoms with Crippen molar-refractivity contribution < 1.29 is 27.2 Å². The standard InChI is InChI=1S/C23H25F3N2O3/c1-12-19(9-15-8-14-10-22(12,14)27-15)29-11-17-20(28-31-21(17)13-6-7-13)16-4-2-3-5-18(16)30-23(24,25)26/h2-5,12-15,19,27H,6-11H2,1H3. The molecule has 0 amide bonds. The van der Waals surface area contributed by atoms with Crippen LogP contribution in [0, 0.1) is 11.8 Å². The first-order valence-electron chi connectivity index (χ1n) is 11.1. The van der Waals surface area contributed by atoms with E-state index in [9.17, 15) is 13.2 Å². The molecule has 2 saturated carbocycles. The second kappa shape index (κ2) is 6.72. The maximum atomic E-state index is 12.9. The summed E-state index contributed by atoms with van der Waals surface area (Å²) >= 11 is 0. The maximum absolute atomic E-state index is 12.9. The Hall–Kier alpha value is -2.06. The highest BCUT2D eigenvalue weighted by Crippen LogP contribution is 2.61. The van der Waals surface area contributed by atoms with Gasteiger partial charge in [0.25, 0.3) is 0 Å². The fourth-order valence-electron chi connectivity index (χ4n) is 5.88. The van der Waals surface area contributed by atoms with Crippen molar-refractivity contribution in [1.29, 1.82) is 0 Å². The van der Waals surface area contributed by atoms with Crippen molar-refractivity contribution in [2.45, 2.75) is 75.6 Å². The normalized spacial score (nSPS) is 33.9. The molecule has 1 spiro atoms. The van der Waals surface area contributed by atoms with Gasteiger partial charge in [0, 0.05) is 34.5 Å². The van der Waals surface area contributed by atoms with E-state index in [2.05, 4.69) is 22.1 Å². The van der Waals surface area contributed by atoms with Crippen molar-refractivity contribution in [3.8, 4) is 17.0 Å². The van der Waals surface area contributed by atoms with E-state index in [1.165, 1.54) is 25.0 Å². The molecule has 1 aromatic heterocycles. The molecule has 0 radical (unpaired) electrons. The molecule has 6 rings (SSSR count). The van der Waals surface area contributed by atoms with E-state index in [-0.39, 0.29) is 35.5 Å². The van der Waals surface area contributed by atoms with Gasteiger partial charge in [0.05, 0.1) is 12.7 Å².